The monoisotopic (exact) mass is 408 g/mol. The number of anilines is 1. The minimum absolute atomic E-state index is 0.0448. The molecule has 0 bridgehead atoms. The first kappa shape index (κ1) is 20.6. The molecule has 0 spiro atoms. The Hall–Kier alpha value is -2.13. The predicted octanol–water partition coefficient (Wildman–Crippen LogP) is 1.61. The summed E-state index contributed by atoms with van der Waals surface area (Å²) in [5.74, 6) is -0.225. The van der Waals surface area contributed by atoms with Crippen LogP contribution in [0.3, 0.4) is 0 Å². The van der Waals surface area contributed by atoms with E-state index in [0.29, 0.717) is 38.9 Å². The molecule has 0 saturated carbocycles. The van der Waals surface area contributed by atoms with Gasteiger partial charge in [0.15, 0.2) is 0 Å². The fourth-order valence-corrected chi connectivity index (χ4v) is 4.94. The lowest BCUT2D eigenvalue weighted by Gasteiger charge is -2.36. The summed E-state index contributed by atoms with van der Waals surface area (Å²) in [5.41, 5.74) is 0.751. The van der Waals surface area contributed by atoms with Gasteiger partial charge in [-0.05, 0) is 37.8 Å². The molecule has 2 heterocycles. The summed E-state index contributed by atoms with van der Waals surface area (Å²) in [6, 6.07) is 8.48. The van der Waals surface area contributed by atoms with Crippen molar-refractivity contribution in [3.05, 3.63) is 30.3 Å². The molecule has 2 fully saturated rings. The Labute approximate surface area is 166 Å². The zero-order valence-corrected chi connectivity index (χ0v) is 17.0. The molecule has 3 amide bonds. The van der Waals surface area contributed by atoms with Crippen LogP contribution in [0.1, 0.15) is 32.1 Å². The van der Waals surface area contributed by atoms with Gasteiger partial charge in [0.05, 0.1) is 6.26 Å². The summed E-state index contributed by atoms with van der Waals surface area (Å²) in [4.78, 5) is 26.8. The van der Waals surface area contributed by atoms with Gasteiger partial charge in [0.1, 0.15) is 6.04 Å². The van der Waals surface area contributed by atoms with Crippen LogP contribution in [0, 0.1) is 0 Å². The second-order valence-electron chi connectivity index (χ2n) is 7.45. The molecule has 3 rings (SSSR count). The molecule has 1 aromatic rings. The molecule has 1 atom stereocenters. The topological polar surface area (TPSA) is 98.8 Å². The van der Waals surface area contributed by atoms with E-state index in [2.05, 4.69) is 10.6 Å². The van der Waals surface area contributed by atoms with Crippen molar-refractivity contribution in [3.63, 3.8) is 0 Å². The van der Waals surface area contributed by atoms with Crippen LogP contribution in [-0.2, 0) is 14.8 Å². The number of sulfonamides is 1. The van der Waals surface area contributed by atoms with Gasteiger partial charge in [0, 0.05) is 31.4 Å². The minimum Gasteiger partial charge on any atom is -0.352 e. The number of nitrogens with one attached hydrogen (secondary N) is 2. The molecule has 2 saturated heterocycles. The van der Waals surface area contributed by atoms with E-state index >= 15 is 0 Å². The third kappa shape index (κ3) is 5.23. The fraction of sp³-hybridized carbons (Fsp3) is 0.579. The maximum Gasteiger partial charge on any atom is 0.321 e. The lowest BCUT2D eigenvalue weighted by atomic mass is 10.0. The largest absolute Gasteiger partial charge is 0.352 e. The Morgan fingerprint density at radius 3 is 2.32 bits per heavy atom. The first-order chi connectivity index (χ1) is 13.3. The highest BCUT2D eigenvalue weighted by atomic mass is 32.2. The van der Waals surface area contributed by atoms with E-state index in [1.807, 2.05) is 30.3 Å². The molecule has 2 N–H and O–H groups in total. The van der Waals surface area contributed by atoms with Crippen LogP contribution in [0.25, 0.3) is 0 Å². The molecule has 154 valence electrons. The normalized spacial score (nSPS) is 21.9. The number of hydrogen-bond acceptors (Lipinski definition) is 4. The quantitative estimate of drug-likeness (QED) is 0.791. The van der Waals surface area contributed by atoms with Crippen molar-refractivity contribution in [1.29, 1.82) is 0 Å². The van der Waals surface area contributed by atoms with Crippen molar-refractivity contribution in [1.82, 2.24) is 14.5 Å². The van der Waals surface area contributed by atoms with Gasteiger partial charge in [-0.3, -0.25) is 4.79 Å². The number of amides is 3. The minimum atomic E-state index is -3.40. The Balaban J connectivity index is 1.49. The maximum absolute atomic E-state index is 12.7. The third-order valence-electron chi connectivity index (χ3n) is 5.34. The first-order valence-corrected chi connectivity index (χ1v) is 11.6. The van der Waals surface area contributed by atoms with Gasteiger partial charge in [0.2, 0.25) is 15.9 Å². The van der Waals surface area contributed by atoms with Gasteiger partial charge < -0.3 is 15.5 Å². The molecule has 8 nitrogen and oxygen atoms in total. The standard InChI is InChI=1S/C19H28N4O4S/c1-28(26,27)23-12-6-5-9-17(23)18(24)20-16-10-13-22(14-11-16)19(25)21-15-7-3-2-4-8-15/h2-4,7-8,16-17H,5-6,9-14H2,1H3,(H,20,24)(H,21,25). The number of likely N-dealkylation sites (tertiary alicyclic amines) is 1. The summed E-state index contributed by atoms with van der Waals surface area (Å²) >= 11 is 0. The number of urea groups is 1. The van der Waals surface area contributed by atoms with Crippen molar-refractivity contribution in [2.75, 3.05) is 31.2 Å². The number of carbonyl (C=O) groups excluding carboxylic acids is 2. The second kappa shape index (κ2) is 8.91. The summed E-state index contributed by atoms with van der Waals surface area (Å²) < 4.78 is 25.2. The molecular formula is C19H28N4O4S. The third-order valence-corrected chi connectivity index (χ3v) is 6.62. The molecule has 0 aliphatic carbocycles. The van der Waals surface area contributed by atoms with Gasteiger partial charge in [-0.25, -0.2) is 13.2 Å². The fourth-order valence-electron chi connectivity index (χ4n) is 3.81. The van der Waals surface area contributed by atoms with Gasteiger partial charge in [-0.1, -0.05) is 24.6 Å². The summed E-state index contributed by atoms with van der Waals surface area (Å²) in [6.45, 7) is 1.49. The van der Waals surface area contributed by atoms with E-state index in [1.165, 1.54) is 4.31 Å². The van der Waals surface area contributed by atoms with Crippen molar-refractivity contribution in [2.24, 2.45) is 0 Å². The lowest BCUT2D eigenvalue weighted by Crippen LogP contribution is -2.55. The van der Waals surface area contributed by atoms with Crippen LogP contribution in [-0.4, -0.2) is 67.5 Å². The molecule has 2 aliphatic rings. The Bertz CT molecular complexity index is 791. The van der Waals surface area contributed by atoms with Crippen LogP contribution in [0.2, 0.25) is 0 Å². The molecule has 28 heavy (non-hydrogen) atoms. The molecule has 2 aliphatic heterocycles. The molecule has 9 heteroatoms. The second-order valence-corrected chi connectivity index (χ2v) is 9.39. The van der Waals surface area contributed by atoms with E-state index in [4.69, 9.17) is 0 Å². The summed E-state index contributed by atoms with van der Waals surface area (Å²) in [6.07, 6.45) is 4.65. The van der Waals surface area contributed by atoms with E-state index in [1.54, 1.807) is 4.90 Å². The van der Waals surface area contributed by atoms with E-state index in [9.17, 15) is 18.0 Å². The number of hydrogen-bond donors (Lipinski definition) is 2. The average molecular weight is 409 g/mol. The molecule has 0 radical (unpaired) electrons. The summed E-state index contributed by atoms with van der Waals surface area (Å²) in [5, 5.41) is 5.86. The predicted molar refractivity (Wildman–Crippen MR) is 107 cm³/mol. The average Bonchev–Trinajstić information content (AvgIpc) is 2.68. The molecule has 1 aromatic carbocycles. The Morgan fingerprint density at radius 1 is 1.00 bits per heavy atom. The van der Waals surface area contributed by atoms with Crippen LogP contribution >= 0.6 is 0 Å². The van der Waals surface area contributed by atoms with Gasteiger partial charge >= 0.3 is 6.03 Å². The van der Waals surface area contributed by atoms with Crippen molar-refractivity contribution in [3.8, 4) is 0 Å². The Kier molecular flexibility index (Phi) is 6.56. The van der Waals surface area contributed by atoms with Crippen LogP contribution in [0.15, 0.2) is 30.3 Å². The van der Waals surface area contributed by atoms with Crippen LogP contribution in [0.4, 0.5) is 10.5 Å². The van der Waals surface area contributed by atoms with Crippen molar-refractivity contribution in [2.45, 2.75) is 44.2 Å². The molecule has 0 aromatic heterocycles. The number of para-hydroxylation sites is 1. The zero-order chi connectivity index (χ0) is 20.1. The number of nitrogens with zero attached hydrogens (tertiary/aromatic N) is 2. The van der Waals surface area contributed by atoms with Crippen molar-refractivity contribution < 1.29 is 18.0 Å². The van der Waals surface area contributed by atoms with E-state index < -0.39 is 16.1 Å². The lowest BCUT2D eigenvalue weighted by molar-refractivity contribution is -0.126. The van der Waals surface area contributed by atoms with E-state index in [0.717, 1.165) is 24.8 Å². The van der Waals surface area contributed by atoms with Gasteiger partial charge in [0.25, 0.3) is 0 Å². The smallest absolute Gasteiger partial charge is 0.321 e. The van der Waals surface area contributed by atoms with Gasteiger partial charge in [-0.2, -0.15) is 4.31 Å². The highest BCUT2D eigenvalue weighted by Crippen LogP contribution is 2.21. The zero-order valence-electron chi connectivity index (χ0n) is 16.1. The maximum atomic E-state index is 12.7. The van der Waals surface area contributed by atoms with Crippen LogP contribution < -0.4 is 10.6 Å². The number of piperidine rings is 2. The number of benzene rings is 1. The number of rotatable bonds is 4. The summed E-state index contributed by atoms with van der Waals surface area (Å²) in [7, 11) is -3.40. The molecule has 1 unspecified atom stereocenters. The van der Waals surface area contributed by atoms with Crippen LogP contribution in [0.5, 0.6) is 0 Å². The highest BCUT2D eigenvalue weighted by molar-refractivity contribution is 7.88. The number of carbonyl (C=O) groups is 2. The highest BCUT2D eigenvalue weighted by Gasteiger charge is 2.35. The van der Waals surface area contributed by atoms with E-state index in [-0.39, 0.29) is 18.0 Å². The van der Waals surface area contributed by atoms with Crippen molar-refractivity contribution >= 4 is 27.6 Å². The Morgan fingerprint density at radius 2 is 1.68 bits per heavy atom. The first-order valence-electron chi connectivity index (χ1n) is 9.73. The molecular weight excluding hydrogens is 380 g/mol. The SMILES string of the molecule is CS(=O)(=O)N1CCCCC1C(=O)NC1CCN(C(=O)Nc2ccccc2)CC1. The van der Waals surface area contributed by atoms with Gasteiger partial charge in [-0.15, -0.1) is 0 Å².